The molecule has 0 unspecified atom stereocenters. The van der Waals surface area contributed by atoms with Gasteiger partial charge in [0.05, 0.1) is 4.47 Å². The molecule has 0 aliphatic carbocycles. The average Bonchev–Trinajstić information content (AvgIpc) is 2.77. The summed E-state index contributed by atoms with van der Waals surface area (Å²) in [5.41, 5.74) is 2.60. The maximum absolute atomic E-state index is 13.4. The molecule has 1 aromatic heterocycles. The normalized spacial score (nSPS) is 10.7. The summed E-state index contributed by atoms with van der Waals surface area (Å²) in [4.78, 5) is 11.1. The van der Waals surface area contributed by atoms with Crippen molar-refractivity contribution in [3.8, 4) is 11.3 Å². The molecule has 19 heavy (non-hydrogen) atoms. The molecule has 1 N–H and O–H groups in total. The van der Waals surface area contributed by atoms with E-state index < -0.39 is 5.97 Å². The van der Waals surface area contributed by atoms with Gasteiger partial charge in [0.25, 0.3) is 0 Å². The van der Waals surface area contributed by atoms with E-state index in [-0.39, 0.29) is 11.5 Å². The van der Waals surface area contributed by atoms with Crippen LogP contribution < -0.4 is 0 Å². The van der Waals surface area contributed by atoms with E-state index in [9.17, 15) is 9.18 Å². The third-order valence-corrected chi connectivity index (χ3v) is 3.67. The molecule has 2 aromatic rings. The number of hydrogen-bond donors (Lipinski definition) is 1. The highest BCUT2D eigenvalue weighted by Gasteiger charge is 2.16. The molecule has 3 nitrogen and oxygen atoms in total. The van der Waals surface area contributed by atoms with Crippen molar-refractivity contribution in [2.45, 2.75) is 20.4 Å². The molecule has 0 spiro atoms. The Kier molecular flexibility index (Phi) is 3.75. The fraction of sp³-hybridized carbons (Fsp3) is 0.214. The van der Waals surface area contributed by atoms with Gasteiger partial charge in [0, 0.05) is 17.8 Å². The number of nitrogens with zero attached hydrogens (tertiary/aromatic N) is 1. The Morgan fingerprint density at radius 3 is 2.68 bits per heavy atom. The Balaban J connectivity index is 2.66. The molecule has 0 saturated heterocycles. The highest BCUT2D eigenvalue weighted by molar-refractivity contribution is 9.10. The van der Waals surface area contributed by atoms with Gasteiger partial charge in [-0.3, -0.25) is 0 Å². The third kappa shape index (κ3) is 2.42. The Bertz CT molecular complexity index is 649. The van der Waals surface area contributed by atoms with E-state index in [1.807, 2.05) is 6.92 Å². The first-order chi connectivity index (χ1) is 8.95. The molecular weight excluding hydrogens is 313 g/mol. The summed E-state index contributed by atoms with van der Waals surface area (Å²) < 4.78 is 15.5. The molecule has 0 fully saturated rings. The summed E-state index contributed by atoms with van der Waals surface area (Å²) >= 11 is 3.16. The van der Waals surface area contributed by atoms with Crippen molar-refractivity contribution in [1.29, 1.82) is 0 Å². The summed E-state index contributed by atoms with van der Waals surface area (Å²) in [6.45, 7) is 4.22. The van der Waals surface area contributed by atoms with Crippen LogP contribution in [0.3, 0.4) is 0 Å². The number of aromatic nitrogens is 1. The van der Waals surface area contributed by atoms with Gasteiger partial charge in [-0.1, -0.05) is 0 Å². The summed E-state index contributed by atoms with van der Waals surface area (Å²) in [5, 5.41) is 9.13. The van der Waals surface area contributed by atoms with E-state index in [2.05, 4.69) is 15.9 Å². The fourth-order valence-electron chi connectivity index (χ4n) is 2.15. The van der Waals surface area contributed by atoms with Crippen LogP contribution in [-0.4, -0.2) is 15.6 Å². The summed E-state index contributed by atoms with van der Waals surface area (Å²) in [6.07, 6.45) is 0. The van der Waals surface area contributed by atoms with Crippen molar-refractivity contribution in [3.63, 3.8) is 0 Å². The van der Waals surface area contributed by atoms with Crippen LogP contribution in [0.2, 0.25) is 0 Å². The number of carboxylic acid groups (broad SMARTS) is 1. The Labute approximate surface area is 118 Å². The lowest BCUT2D eigenvalue weighted by atomic mass is 10.1. The van der Waals surface area contributed by atoms with Crippen LogP contribution in [-0.2, 0) is 6.54 Å². The third-order valence-electron chi connectivity index (χ3n) is 3.06. The SMILES string of the molecule is CCn1c(C(=O)O)ccc1-c1cc(Br)c(F)cc1C. The molecule has 1 heterocycles. The van der Waals surface area contributed by atoms with E-state index in [0.29, 0.717) is 11.0 Å². The van der Waals surface area contributed by atoms with Gasteiger partial charge < -0.3 is 9.67 Å². The maximum Gasteiger partial charge on any atom is 0.352 e. The van der Waals surface area contributed by atoms with Gasteiger partial charge in [-0.05, 0) is 59.6 Å². The lowest BCUT2D eigenvalue weighted by Crippen LogP contribution is -2.08. The zero-order chi connectivity index (χ0) is 14.2. The second kappa shape index (κ2) is 5.17. The Hall–Kier alpha value is -1.62. The van der Waals surface area contributed by atoms with Gasteiger partial charge in [-0.25, -0.2) is 9.18 Å². The van der Waals surface area contributed by atoms with Crippen molar-refractivity contribution in [2.75, 3.05) is 0 Å². The van der Waals surface area contributed by atoms with Crippen LogP contribution >= 0.6 is 15.9 Å². The lowest BCUT2D eigenvalue weighted by molar-refractivity contribution is 0.0685. The highest BCUT2D eigenvalue weighted by atomic mass is 79.9. The first-order valence-electron chi connectivity index (χ1n) is 5.84. The summed E-state index contributed by atoms with van der Waals surface area (Å²) in [7, 11) is 0. The molecule has 0 amide bonds. The zero-order valence-corrected chi connectivity index (χ0v) is 12.2. The number of aryl methyl sites for hydroxylation is 1. The fourth-order valence-corrected chi connectivity index (χ4v) is 2.50. The van der Waals surface area contributed by atoms with Gasteiger partial charge >= 0.3 is 5.97 Å². The molecule has 0 atom stereocenters. The van der Waals surface area contributed by atoms with E-state index in [0.717, 1.165) is 16.8 Å². The van der Waals surface area contributed by atoms with Gasteiger partial charge in [-0.15, -0.1) is 0 Å². The van der Waals surface area contributed by atoms with Gasteiger partial charge in [-0.2, -0.15) is 0 Å². The molecule has 0 radical (unpaired) electrons. The number of hydrogen-bond acceptors (Lipinski definition) is 1. The van der Waals surface area contributed by atoms with Crippen LogP contribution in [0.15, 0.2) is 28.7 Å². The predicted octanol–water partition coefficient (Wildman–Crippen LogP) is 4.08. The second-order valence-corrected chi connectivity index (χ2v) is 5.09. The van der Waals surface area contributed by atoms with Crippen LogP contribution in [0.4, 0.5) is 4.39 Å². The second-order valence-electron chi connectivity index (χ2n) is 4.23. The summed E-state index contributed by atoms with van der Waals surface area (Å²) in [5.74, 6) is -1.29. The van der Waals surface area contributed by atoms with Gasteiger partial charge in [0.15, 0.2) is 0 Å². The number of carboxylic acids is 1. The minimum atomic E-state index is -0.966. The molecular formula is C14H13BrFNO2. The van der Waals surface area contributed by atoms with Crippen molar-refractivity contribution in [1.82, 2.24) is 4.57 Å². The quantitative estimate of drug-likeness (QED) is 0.923. The topological polar surface area (TPSA) is 42.2 Å². The van der Waals surface area contributed by atoms with E-state index >= 15 is 0 Å². The van der Waals surface area contributed by atoms with Crippen molar-refractivity contribution in [3.05, 3.63) is 45.8 Å². The van der Waals surface area contributed by atoms with Crippen LogP contribution in [0, 0.1) is 12.7 Å². The molecule has 2 rings (SSSR count). The molecule has 100 valence electrons. The average molecular weight is 326 g/mol. The first kappa shape index (κ1) is 13.8. The highest BCUT2D eigenvalue weighted by Crippen LogP contribution is 2.30. The van der Waals surface area contributed by atoms with Gasteiger partial charge in [0.2, 0.25) is 0 Å². The van der Waals surface area contributed by atoms with Crippen LogP contribution in [0.5, 0.6) is 0 Å². The number of rotatable bonds is 3. The molecule has 0 aliphatic rings. The van der Waals surface area contributed by atoms with Crippen LogP contribution in [0.1, 0.15) is 23.0 Å². The number of carbonyl (C=O) groups is 1. The smallest absolute Gasteiger partial charge is 0.352 e. The zero-order valence-electron chi connectivity index (χ0n) is 10.6. The maximum atomic E-state index is 13.4. The van der Waals surface area contributed by atoms with Crippen molar-refractivity contribution < 1.29 is 14.3 Å². The van der Waals surface area contributed by atoms with Gasteiger partial charge in [0.1, 0.15) is 11.5 Å². The van der Waals surface area contributed by atoms with E-state index in [1.54, 1.807) is 29.7 Å². The largest absolute Gasteiger partial charge is 0.477 e. The predicted molar refractivity (Wildman–Crippen MR) is 74.9 cm³/mol. The van der Waals surface area contributed by atoms with E-state index in [4.69, 9.17) is 5.11 Å². The number of benzene rings is 1. The van der Waals surface area contributed by atoms with Crippen molar-refractivity contribution >= 4 is 21.9 Å². The number of aromatic carboxylic acids is 1. The standard InChI is InChI=1S/C14H13BrFNO2/c1-3-17-12(4-5-13(17)14(18)19)9-7-10(15)11(16)6-8(9)2/h4-7H,3H2,1-2H3,(H,18,19). The Morgan fingerprint density at radius 1 is 1.42 bits per heavy atom. The van der Waals surface area contributed by atoms with Crippen molar-refractivity contribution in [2.24, 2.45) is 0 Å². The molecule has 1 aromatic carbocycles. The summed E-state index contributed by atoms with van der Waals surface area (Å²) in [6, 6.07) is 6.43. The monoisotopic (exact) mass is 325 g/mol. The molecule has 0 saturated carbocycles. The van der Waals surface area contributed by atoms with Crippen LogP contribution in [0.25, 0.3) is 11.3 Å². The molecule has 0 aliphatic heterocycles. The molecule has 5 heteroatoms. The molecule has 0 bridgehead atoms. The minimum absolute atomic E-state index is 0.234. The minimum Gasteiger partial charge on any atom is -0.477 e. The lowest BCUT2D eigenvalue weighted by Gasteiger charge is -2.12. The number of halogens is 2. The first-order valence-corrected chi connectivity index (χ1v) is 6.63. The van der Waals surface area contributed by atoms with E-state index in [1.165, 1.54) is 6.07 Å². The Morgan fingerprint density at radius 2 is 2.11 bits per heavy atom.